The Morgan fingerprint density at radius 2 is 1.88 bits per heavy atom. The second-order valence-electron chi connectivity index (χ2n) is 12.1. The molecule has 2 aliphatic rings. The van der Waals surface area contributed by atoms with E-state index in [2.05, 4.69) is 71.1 Å². The Hall–Kier alpha value is -4.55. The third kappa shape index (κ3) is 6.45. The van der Waals surface area contributed by atoms with Gasteiger partial charge >= 0.3 is 6.18 Å². The number of rotatable bonds is 9. The molecular weight excluding hydrogens is 555 g/mol. The van der Waals surface area contributed by atoms with Gasteiger partial charge in [-0.15, -0.1) is 5.53 Å². The number of benzene rings is 1. The Kier molecular flexibility index (Phi) is 8.48. The molecule has 1 aliphatic heterocycles. The molecule has 0 radical (unpaired) electrons. The Labute approximate surface area is 249 Å². The summed E-state index contributed by atoms with van der Waals surface area (Å²) in [6, 6.07) is 7.00. The molecule has 2 aromatic rings. The van der Waals surface area contributed by atoms with E-state index < -0.39 is 17.8 Å². The summed E-state index contributed by atoms with van der Waals surface area (Å²) in [5.41, 5.74) is 7.75. The minimum absolute atomic E-state index is 0.0241. The molecule has 4 rings (SSSR count). The van der Waals surface area contributed by atoms with Crippen LogP contribution in [0.4, 0.5) is 24.5 Å². The number of nitrogens with one attached hydrogen (secondary N) is 4. The molecule has 9 nitrogen and oxygen atoms in total. The highest BCUT2D eigenvalue weighted by Crippen LogP contribution is 2.53. The average molecular weight is 592 g/mol. The predicted molar refractivity (Wildman–Crippen MR) is 162 cm³/mol. The van der Waals surface area contributed by atoms with E-state index in [9.17, 15) is 23.7 Å². The van der Waals surface area contributed by atoms with E-state index in [4.69, 9.17) is 0 Å². The van der Waals surface area contributed by atoms with Crippen LogP contribution < -0.4 is 21.6 Å². The van der Waals surface area contributed by atoms with Crippen LogP contribution in [0.25, 0.3) is 10.9 Å². The molecular formula is C31H36F3N9. The van der Waals surface area contributed by atoms with E-state index in [0.29, 0.717) is 51.4 Å². The zero-order chi connectivity index (χ0) is 31.7. The molecule has 1 aromatic heterocycles. The van der Waals surface area contributed by atoms with Gasteiger partial charge in [0.1, 0.15) is 12.1 Å². The fraction of sp³-hybridized carbons (Fsp3) is 0.419. The van der Waals surface area contributed by atoms with E-state index in [-0.39, 0.29) is 23.8 Å². The average Bonchev–Trinajstić information content (AvgIpc) is 3.64. The lowest BCUT2D eigenvalue weighted by atomic mass is 9.96. The standard InChI is InChI=1S/C31H36F3N9/c1-8-18(2)39-20(4)19(3)26(25-16-43(42-41-25)30(9-10-30)31(32,33)34)40-23-11-21(13-35)27-24(12-23)28(22(14-36)15-37-27)38-17-29(5,6)7/h8,11-12,15-16,26,40-42H,3,9-10,17H2,1-2,4-7H3,(H,37,38)/b18-8-,39-20?/t26-/m0/s1. The van der Waals surface area contributed by atoms with Crippen molar-refractivity contribution >= 4 is 28.0 Å². The maximum Gasteiger partial charge on any atom is 0.413 e. The van der Waals surface area contributed by atoms with Crippen molar-refractivity contribution in [3.63, 3.8) is 0 Å². The molecule has 2 heterocycles. The molecule has 0 unspecified atom stereocenters. The van der Waals surface area contributed by atoms with Crippen molar-refractivity contribution in [2.24, 2.45) is 10.4 Å². The monoisotopic (exact) mass is 591 g/mol. The van der Waals surface area contributed by atoms with Gasteiger partial charge in [0.25, 0.3) is 0 Å². The van der Waals surface area contributed by atoms with Crippen LogP contribution >= 0.6 is 0 Å². The molecule has 0 spiro atoms. The highest BCUT2D eigenvalue weighted by molar-refractivity contribution is 6.01. The molecule has 0 bridgehead atoms. The fourth-order valence-corrected chi connectivity index (χ4v) is 4.71. The largest absolute Gasteiger partial charge is 0.413 e. The van der Waals surface area contributed by atoms with Crippen LogP contribution in [-0.2, 0) is 0 Å². The number of nitrogens with zero attached hydrogens (tertiary/aromatic N) is 5. The number of fused-ring (bicyclic) bond motifs is 1. The number of nitriles is 2. The van der Waals surface area contributed by atoms with E-state index in [1.807, 2.05) is 19.9 Å². The fourth-order valence-electron chi connectivity index (χ4n) is 4.71. The predicted octanol–water partition coefficient (Wildman–Crippen LogP) is 6.42. The lowest BCUT2D eigenvalue weighted by Crippen LogP contribution is -2.52. The summed E-state index contributed by atoms with van der Waals surface area (Å²) < 4.78 is 41.7. The van der Waals surface area contributed by atoms with Gasteiger partial charge < -0.3 is 16.1 Å². The first kappa shape index (κ1) is 31.4. The number of hydrogen-bond acceptors (Lipinski definition) is 9. The summed E-state index contributed by atoms with van der Waals surface area (Å²) in [7, 11) is 0. The maximum absolute atomic E-state index is 13.9. The normalized spacial score (nSPS) is 17.5. The van der Waals surface area contributed by atoms with E-state index in [1.54, 1.807) is 19.1 Å². The highest BCUT2D eigenvalue weighted by atomic mass is 19.4. The molecule has 0 saturated heterocycles. The maximum atomic E-state index is 13.9. The topological polar surface area (TPSA) is 124 Å². The first-order valence-corrected chi connectivity index (χ1v) is 13.9. The van der Waals surface area contributed by atoms with Gasteiger partial charge in [0.05, 0.1) is 34.1 Å². The second kappa shape index (κ2) is 11.6. The lowest BCUT2D eigenvalue weighted by molar-refractivity contribution is -0.195. The molecule has 43 heavy (non-hydrogen) atoms. The quantitative estimate of drug-likeness (QED) is 0.246. The molecule has 226 valence electrons. The number of aromatic nitrogens is 1. The van der Waals surface area contributed by atoms with Crippen molar-refractivity contribution in [1.82, 2.24) is 21.0 Å². The third-order valence-electron chi connectivity index (χ3n) is 7.51. The summed E-state index contributed by atoms with van der Waals surface area (Å²) in [6.45, 7) is 16.4. The minimum Gasteiger partial charge on any atom is -0.383 e. The van der Waals surface area contributed by atoms with Crippen molar-refractivity contribution in [3.05, 3.63) is 65.3 Å². The van der Waals surface area contributed by atoms with Crippen LogP contribution in [0.1, 0.15) is 65.5 Å². The number of aliphatic imine (C=N–C) groups is 1. The van der Waals surface area contributed by atoms with Gasteiger partial charge in [0, 0.05) is 41.4 Å². The van der Waals surface area contributed by atoms with Gasteiger partial charge in [0.15, 0.2) is 5.54 Å². The van der Waals surface area contributed by atoms with Crippen LogP contribution in [0.3, 0.4) is 0 Å². The molecule has 1 saturated carbocycles. The van der Waals surface area contributed by atoms with E-state index in [1.165, 1.54) is 12.4 Å². The van der Waals surface area contributed by atoms with Gasteiger partial charge in [-0.2, -0.15) is 23.7 Å². The lowest BCUT2D eigenvalue weighted by Gasteiger charge is -2.28. The highest BCUT2D eigenvalue weighted by Gasteiger charge is 2.67. The van der Waals surface area contributed by atoms with Gasteiger partial charge in [-0.1, -0.05) is 33.4 Å². The van der Waals surface area contributed by atoms with Crippen LogP contribution in [0.2, 0.25) is 0 Å². The number of alkyl halides is 3. The first-order chi connectivity index (χ1) is 20.1. The Balaban J connectivity index is 1.82. The summed E-state index contributed by atoms with van der Waals surface area (Å²) in [5, 5.41) is 28.2. The van der Waals surface area contributed by atoms with Gasteiger partial charge in [-0.3, -0.25) is 15.0 Å². The van der Waals surface area contributed by atoms with Gasteiger partial charge in [-0.05, 0) is 56.7 Å². The number of anilines is 2. The van der Waals surface area contributed by atoms with Crippen molar-refractivity contribution in [3.8, 4) is 12.1 Å². The SMILES string of the molecule is C=C(C(C)=N/C(C)=C\C)[C@H](Nc1cc(C#N)c2ncc(C#N)c(NCC(C)(C)C)c2c1)C1=CN(C2(C(F)(F)F)CC2)NN1. The minimum atomic E-state index is -4.42. The Morgan fingerprint density at radius 3 is 2.44 bits per heavy atom. The molecule has 12 heteroatoms. The van der Waals surface area contributed by atoms with Crippen molar-refractivity contribution < 1.29 is 13.2 Å². The Bertz CT molecular complexity index is 1610. The van der Waals surface area contributed by atoms with Crippen LogP contribution in [0.15, 0.2) is 59.1 Å². The molecule has 0 amide bonds. The van der Waals surface area contributed by atoms with Crippen molar-refractivity contribution in [2.45, 2.75) is 72.1 Å². The number of allylic oxidation sites excluding steroid dienone is 2. The number of halogens is 3. The molecule has 1 aromatic carbocycles. The number of hydrazine groups is 2. The summed E-state index contributed by atoms with van der Waals surface area (Å²) in [5.74, 6) is 0. The Morgan fingerprint density at radius 1 is 1.21 bits per heavy atom. The van der Waals surface area contributed by atoms with Crippen LogP contribution in [0.5, 0.6) is 0 Å². The van der Waals surface area contributed by atoms with E-state index in [0.717, 1.165) is 10.7 Å². The smallest absolute Gasteiger partial charge is 0.383 e. The number of hydrogen-bond donors (Lipinski definition) is 4. The first-order valence-electron chi connectivity index (χ1n) is 13.9. The second-order valence-corrected chi connectivity index (χ2v) is 12.1. The third-order valence-corrected chi connectivity index (χ3v) is 7.51. The summed E-state index contributed by atoms with van der Waals surface area (Å²) >= 11 is 0. The van der Waals surface area contributed by atoms with E-state index >= 15 is 0 Å². The summed E-state index contributed by atoms with van der Waals surface area (Å²) in [4.78, 5) is 8.97. The molecule has 1 fully saturated rings. The van der Waals surface area contributed by atoms with Gasteiger partial charge in [0.2, 0.25) is 0 Å². The van der Waals surface area contributed by atoms with Crippen molar-refractivity contribution in [2.75, 3.05) is 17.2 Å². The zero-order valence-electron chi connectivity index (χ0n) is 25.2. The van der Waals surface area contributed by atoms with Gasteiger partial charge in [-0.25, -0.2) is 0 Å². The molecule has 1 atom stereocenters. The van der Waals surface area contributed by atoms with Crippen LogP contribution in [0, 0.1) is 28.1 Å². The molecule has 1 aliphatic carbocycles. The van der Waals surface area contributed by atoms with Crippen LogP contribution in [-0.4, -0.2) is 40.0 Å². The molecule has 4 N–H and O–H groups in total. The summed E-state index contributed by atoms with van der Waals surface area (Å²) in [6.07, 6.45) is 0.210. The zero-order valence-corrected chi connectivity index (χ0v) is 25.2. The van der Waals surface area contributed by atoms with Crippen molar-refractivity contribution in [1.29, 1.82) is 10.5 Å². The number of pyridine rings is 1.